The van der Waals surface area contributed by atoms with Crippen molar-refractivity contribution >= 4 is 11.6 Å². The Morgan fingerprint density at radius 1 is 1.43 bits per heavy atom. The van der Waals surface area contributed by atoms with Crippen LogP contribution in [0.3, 0.4) is 0 Å². The number of amides is 1. The van der Waals surface area contributed by atoms with E-state index in [4.69, 9.17) is 10.5 Å². The van der Waals surface area contributed by atoms with E-state index in [2.05, 4.69) is 10.4 Å². The number of anilines is 1. The summed E-state index contributed by atoms with van der Waals surface area (Å²) in [5.41, 5.74) is 0.389. The predicted molar refractivity (Wildman–Crippen MR) is 82.1 cm³/mol. The van der Waals surface area contributed by atoms with Gasteiger partial charge in [-0.25, -0.2) is 0 Å². The van der Waals surface area contributed by atoms with Crippen molar-refractivity contribution in [2.45, 2.75) is 26.0 Å². The van der Waals surface area contributed by atoms with E-state index < -0.39 is 11.5 Å². The summed E-state index contributed by atoms with van der Waals surface area (Å²) in [5, 5.41) is 34.5. The molecular formula is C16H15N5O2. The molecule has 0 unspecified atom stereocenters. The smallest absolute Gasteiger partial charge is 0.257 e. The van der Waals surface area contributed by atoms with Crippen molar-refractivity contribution in [3.63, 3.8) is 0 Å². The van der Waals surface area contributed by atoms with E-state index in [0.29, 0.717) is 16.8 Å². The van der Waals surface area contributed by atoms with Gasteiger partial charge in [0.05, 0.1) is 29.9 Å². The summed E-state index contributed by atoms with van der Waals surface area (Å²) in [6, 6.07) is 8.84. The molecule has 0 spiro atoms. The van der Waals surface area contributed by atoms with Gasteiger partial charge in [0, 0.05) is 11.9 Å². The normalized spacial score (nSPS) is 12.7. The first-order valence-electron chi connectivity index (χ1n) is 6.83. The summed E-state index contributed by atoms with van der Waals surface area (Å²) in [6.45, 7) is 3.04. The Kier molecular flexibility index (Phi) is 4.44. The lowest BCUT2D eigenvalue weighted by atomic mass is 10.1. The van der Waals surface area contributed by atoms with Crippen molar-refractivity contribution in [2.24, 2.45) is 0 Å². The molecule has 2 aromatic rings. The van der Waals surface area contributed by atoms with E-state index in [1.54, 1.807) is 25.1 Å². The first-order valence-corrected chi connectivity index (χ1v) is 6.83. The van der Waals surface area contributed by atoms with Gasteiger partial charge in [-0.3, -0.25) is 9.48 Å². The summed E-state index contributed by atoms with van der Waals surface area (Å²) < 4.78 is 1.34. The van der Waals surface area contributed by atoms with Crippen molar-refractivity contribution in [3.8, 4) is 12.1 Å². The van der Waals surface area contributed by atoms with Gasteiger partial charge in [0.2, 0.25) is 0 Å². The number of carbonyl (C=O) groups excluding carboxylic acids is 1. The average molecular weight is 309 g/mol. The van der Waals surface area contributed by atoms with Crippen LogP contribution in [-0.2, 0) is 11.3 Å². The van der Waals surface area contributed by atoms with Gasteiger partial charge >= 0.3 is 0 Å². The molecule has 1 aromatic heterocycles. The van der Waals surface area contributed by atoms with Crippen LogP contribution in [0, 0.1) is 29.6 Å². The minimum absolute atomic E-state index is 0.0875. The standard InChI is InChI=1S/C16H15N5O2/c1-11-5-14(4-3-13(11)7-18)20-15(22)16(2,23)10-21-9-12(6-17)8-19-21/h3-5,8-9,23H,10H2,1-2H3,(H,20,22)/t16-/m0/s1. The Morgan fingerprint density at radius 3 is 2.74 bits per heavy atom. The molecule has 0 saturated carbocycles. The molecule has 1 aromatic carbocycles. The van der Waals surface area contributed by atoms with Crippen molar-refractivity contribution in [1.29, 1.82) is 10.5 Å². The van der Waals surface area contributed by atoms with Crippen LogP contribution >= 0.6 is 0 Å². The van der Waals surface area contributed by atoms with Crippen molar-refractivity contribution < 1.29 is 9.90 Å². The minimum Gasteiger partial charge on any atom is -0.378 e. The highest BCUT2D eigenvalue weighted by molar-refractivity contribution is 5.96. The van der Waals surface area contributed by atoms with Crippen LogP contribution in [0.2, 0.25) is 0 Å². The lowest BCUT2D eigenvalue weighted by molar-refractivity contribution is -0.133. The van der Waals surface area contributed by atoms with E-state index in [1.165, 1.54) is 24.0 Å². The van der Waals surface area contributed by atoms with Crippen LogP contribution in [0.5, 0.6) is 0 Å². The molecule has 2 rings (SSSR count). The van der Waals surface area contributed by atoms with E-state index in [1.807, 2.05) is 12.1 Å². The zero-order valence-electron chi connectivity index (χ0n) is 12.7. The van der Waals surface area contributed by atoms with Gasteiger partial charge in [0.25, 0.3) is 5.91 Å². The molecule has 0 aliphatic heterocycles. The molecule has 0 bridgehead atoms. The SMILES string of the molecule is Cc1cc(NC(=O)[C@@](C)(O)Cn2cc(C#N)cn2)ccc1C#N. The molecule has 0 aliphatic rings. The van der Waals surface area contributed by atoms with Gasteiger partial charge < -0.3 is 10.4 Å². The summed E-state index contributed by atoms with van der Waals surface area (Å²) in [7, 11) is 0. The van der Waals surface area contributed by atoms with Crippen LogP contribution in [0.25, 0.3) is 0 Å². The maximum absolute atomic E-state index is 12.2. The minimum atomic E-state index is -1.71. The zero-order valence-corrected chi connectivity index (χ0v) is 12.7. The quantitative estimate of drug-likeness (QED) is 0.884. The van der Waals surface area contributed by atoms with Gasteiger partial charge in [-0.05, 0) is 37.6 Å². The first kappa shape index (κ1) is 16.2. The Labute approximate surface area is 133 Å². The number of aliphatic hydroxyl groups is 1. The number of benzene rings is 1. The number of carbonyl (C=O) groups is 1. The molecule has 1 amide bonds. The molecule has 2 N–H and O–H groups in total. The third kappa shape index (κ3) is 3.73. The first-order chi connectivity index (χ1) is 10.9. The molecule has 23 heavy (non-hydrogen) atoms. The molecule has 0 radical (unpaired) electrons. The van der Waals surface area contributed by atoms with E-state index >= 15 is 0 Å². The molecule has 116 valence electrons. The number of aromatic nitrogens is 2. The van der Waals surface area contributed by atoms with Crippen LogP contribution in [-0.4, -0.2) is 26.4 Å². The lowest BCUT2D eigenvalue weighted by Crippen LogP contribution is -2.43. The number of hydrogen-bond donors (Lipinski definition) is 2. The molecule has 0 saturated heterocycles. The van der Waals surface area contributed by atoms with Crippen LogP contribution in [0.4, 0.5) is 5.69 Å². The monoisotopic (exact) mass is 309 g/mol. The summed E-state index contributed by atoms with van der Waals surface area (Å²) >= 11 is 0. The fraction of sp³-hybridized carbons (Fsp3) is 0.250. The van der Waals surface area contributed by atoms with Crippen LogP contribution < -0.4 is 5.32 Å². The second-order valence-corrected chi connectivity index (χ2v) is 5.41. The molecule has 0 aliphatic carbocycles. The van der Waals surface area contributed by atoms with Crippen molar-refractivity contribution in [3.05, 3.63) is 47.3 Å². The Bertz CT molecular complexity index is 824. The summed E-state index contributed by atoms with van der Waals surface area (Å²) in [6.07, 6.45) is 2.81. The fourth-order valence-corrected chi connectivity index (χ4v) is 2.03. The van der Waals surface area contributed by atoms with Gasteiger partial charge in [-0.2, -0.15) is 15.6 Å². The highest BCUT2D eigenvalue weighted by Gasteiger charge is 2.31. The second kappa shape index (κ2) is 6.30. The highest BCUT2D eigenvalue weighted by atomic mass is 16.3. The third-order valence-electron chi connectivity index (χ3n) is 3.33. The van der Waals surface area contributed by atoms with E-state index in [9.17, 15) is 9.90 Å². The molecule has 1 atom stereocenters. The fourth-order valence-electron chi connectivity index (χ4n) is 2.03. The number of aryl methyl sites for hydroxylation is 1. The maximum atomic E-state index is 12.2. The highest BCUT2D eigenvalue weighted by Crippen LogP contribution is 2.17. The van der Waals surface area contributed by atoms with Gasteiger partial charge in [0.1, 0.15) is 6.07 Å². The zero-order chi connectivity index (χ0) is 17.0. The van der Waals surface area contributed by atoms with E-state index in [0.717, 1.165) is 5.56 Å². The summed E-state index contributed by atoms with van der Waals surface area (Å²) in [5.74, 6) is -0.601. The number of nitrogens with one attached hydrogen (secondary N) is 1. The summed E-state index contributed by atoms with van der Waals surface area (Å²) in [4.78, 5) is 12.2. The van der Waals surface area contributed by atoms with E-state index in [-0.39, 0.29) is 6.54 Å². The lowest BCUT2D eigenvalue weighted by Gasteiger charge is -2.22. The van der Waals surface area contributed by atoms with Crippen LogP contribution in [0.15, 0.2) is 30.6 Å². The number of nitriles is 2. The van der Waals surface area contributed by atoms with Gasteiger partial charge in [0.15, 0.2) is 5.60 Å². The second-order valence-electron chi connectivity index (χ2n) is 5.41. The molecule has 7 nitrogen and oxygen atoms in total. The number of rotatable bonds is 4. The van der Waals surface area contributed by atoms with Crippen molar-refractivity contribution in [1.82, 2.24) is 9.78 Å². The predicted octanol–water partition coefficient (Wildman–Crippen LogP) is 1.32. The van der Waals surface area contributed by atoms with Crippen LogP contribution in [0.1, 0.15) is 23.6 Å². The maximum Gasteiger partial charge on any atom is 0.257 e. The van der Waals surface area contributed by atoms with Gasteiger partial charge in [-0.15, -0.1) is 0 Å². The Hall–Kier alpha value is -3.16. The van der Waals surface area contributed by atoms with Crippen molar-refractivity contribution in [2.75, 3.05) is 5.32 Å². The number of nitrogens with zero attached hydrogens (tertiary/aromatic N) is 4. The largest absolute Gasteiger partial charge is 0.378 e. The Balaban J connectivity index is 2.11. The Morgan fingerprint density at radius 2 is 2.17 bits per heavy atom. The molecule has 1 heterocycles. The number of hydrogen-bond acceptors (Lipinski definition) is 5. The molecular weight excluding hydrogens is 294 g/mol. The molecule has 0 fully saturated rings. The average Bonchev–Trinajstić information content (AvgIpc) is 2.94. The topological polar surface area (TPSA) is 115 Å². The third-order valence-corrected chi connectivity index (χ3v) is 3.33. The van der Waals surface area contributed by atoms with Gasteiger partial charge in [-0.1, -0.05) is 0 Å². The molecule has 7 heteroatoms.